The van der Waals surface area contributed by atoms with E-state index in [-0.39, 0.29) is 0 Å². The number of halogens is 1. The highest BCUT2D eigenvalue weighted by atomic mass is 79.9. The number of aromatic nitrogens is 2. The molecule has 0 atom stereocenters. The zero-order valence-electron chi connectivity index (χ0n) is 9.66. The van der Waals surface area contributed by atoms with Crippen LogP contribution < -0.4 is 11.1 Å². The molecule has 5 heteroatoms. The van der Waals surface area contributed by atoms with Gasteiger partial charge in [0.1, 0.15) is 18.0 Å². The van der Waals surface area contributed by atoms with Gasteiger partial charge in [-0.25, -0.2) is 9.97 Å². The lowest BCUT2D eigenvalue weighted by molar-refractivity contribution is 1.14. The summed E-state index contributed by atoms with van der Waals surface area (Å²) in [6.45, 7) is 3.93. The summed E-state index contributed by atoms with van der Waals surface area (Å²) in [5.41, 5.74) is 8.73. The minimum atomic E-state index is 0.494. The second-order valence-corrected chi connectivity index (χ2v) is 4.68. The van der Waals surface area contributed by atoms with Gasteiger partial charge >= 0.3 is 0 Å². The fourth-order valence-electron chi connectivity index (χ4n) is 1.40. The van der Waals surface area contributed by atoms with Crippen LogP contribution in [0.5, 0.6) is 0 Å². The molecule has 4 nitrogen and oxygen atoms in total. The molecular formula is C12H13BrN4. The van der Waals surface area contributed by atoms with Crippen molar-refractivity contribution < 1.29 is 0 Å². The summed E-state index contributed by atoms with van der Waals surface area (Å²) in [6, 6.07) is 6.04. The quantitative estimate of drug-likeness (QED) is 0.892. The van der Waals surface area contributed by atoms with Crippen molar-refractivity contribution in [2.45, 2.75) is 13.8 Å². The first-order valence-electron chi connectivity index (χ1n) is 5.18. The number of hydrogen-bond donors (Lipinski definition) is 2. The van der Waals surface area contributed by atoms with Gasteiger partial charge in [-0.3, -0.25) is 0 Å². The molecule has 17 heavy (non-hydrogen) atoms. The molecule has 1 aromatic heterocycles. The van der Waals surface area contributed by atoms with E-state index in [2.05, 4.69) is 31.2 Å². The van der Waals surface area contributed by atoms with Crippen LogP contribution in [0.3, 0.4) is 0 Å². The number of rotatable bonds is 2. The van der Waals surface area contributed by atoms with E-state index >= 15 is 0 Å². The van der Waals surface area contributed by atoms with E-state index in [9.17, 15) is 0 Å². The molecular weight excluding hydrogens is 280 g/mol. The van der Waals surface area contributed by atoms with Gasteiger partial charge in [0.15, 0.2) is 0 Å². The fourth-order valence-corrected chi connectivity index (χ4v) is 1.78. The minimum absolute atomic E-state index is 0.494. The summed E-state index contributed by atoms with van der Waals surface area (Å²) >= 11 is 3.49. The smallest absolute Gasteiger partial charge is 0.138 e. The molecule has 88 valence electrons. The van der Waals surface area contributed by atoms with Crippen molar-refractivity contribution in [1.82, 2.24) is 9.97 Å². The highest BCUT2D eigenvalue weighted by molar-refractivity contribution is 9.10. The molecule has 0 bridgehead atoms. The Kier molecular flexibility index (Phi) is 3.28. The van der Waals surface area contributed by atoms with E-state index in [4.69, 9.17) is 5.73 Å². The summed E-state index contributed by atoms with van der Waals surface area (Å²) < 4.78 is 1.06. The van der Waals surface area contributed by atoms with Crippen LogP contribution in [0.1, 0.15) is 11.1 Å². The summed E-state index contributed by atoms with van der Waals surface area (Å²) in [5.74, 6) is 1.22. The van der Waals surface area contributed by atoms with Gasteiger partial charge in [-0.2, -0.15) is 0 Å². The second-order valence-electron chi connectivity index (χ2n) is 3.82. The zero-order valence-corrected chi connectivity index (χ0v) is 11.2. The van der Waals surface area contributed by atoms with Crippen molar-refractivity contribution in [1.29, 1.82) is 0 Å². The zero-order chi connectivity index (χ0) is 12.4. The largest absolute Gasteiger partial charge is 0.383 e. The number of hydrogen-bond acceptors (Lipinski definition) is 4. The van der Waals surface area contributed by atoms with Gasteiger partial charge in [0.05, 0.1) is 0 Å². The molecule has 0 saturated carbocycles. The van der Waals surface area contributed by atoms with Crippen LogP contribution in [0.2, 0.25) is 0 Å². The third kappa shape index (κ3) is 2.55. The normalized spacial score (nSPS) is 10.3. The van der Waals surface area contributed by atoms with Gasteiger partial charge in [0, 0.05) is 15.7 Å². The number of nitrogens with two attached hydrogens (primary N) is 1. The molecule has 0 unspecified atom stereocenters. The molecule has 0 aliphatic heterocycles. The van der Waals surface area contributed by atoms with Crippen molar-refractivity contribution >= 4 is 33.3 Å². The Bertz CT molecular complexity index is 554. The van der Waals surface area contributed by atoms with E-state index in [1.54, 1.807) is 0 Å². The standard InChI is InChI=1S/C12H13BrN4/c1-7-3-4-9(5-10(7)13)17-12-8(2)11(14)15-6-16-12/h3-6H,1-2H3,(H3,14,15,16,17). The SMILES string of the molecule is Cc1ccc(Nc2ncnc(N)c2C)cc1Br. The maximum absolute atomic E-state index is 5.73. The molecule has 0 aliphatic carbocycles. The minimum Gasteiger partial charge on any atom is -0.383 e. The topological polar surface area (TPSA) is 63.8 Å². The Balaban J connectivity index is 2.31. The highest BCUT2D eigenvalue weighted by Gasteiger charge is 2.05. The van der Waals surface area contributed by atoms with Crippen LogP contribution in [-0.4, -0.2) is 9.97 Å². The average Bonchev–Trinajstić information content (AvgIpc) is 2.30. The Morgan fingerprint density at radius 2 is 2.00 bits per heavy atom. The van der Waals surface area contributed by atoms with E-state index < -0.39 is 0 Å². The van der Waals surface area contributed by atoms with Gasteiger partial charge in [0.2, 0.25) is 0 Å². The lowest BCUT2D eigenvalue weighted by atomic mass is 10.2. The molecule has 2 aromatic rings. The maximum atomic E-state index is 5.73. The van der Waals surface area contributed by atoms with Crippen molar-refractivity contribution in [2.75, 3.05) is 11.1 Å². The van der Waals surface area contributed by atoms with Gasteiger partial charge in [-0.15, -0.1) is 0 Å². The number of anilines is 3. The third-order valence-corrected chi connectivity index (χ3v) is 3.41. The predicted octanol–water partition coefficient (Wildman–Crippen LogP) is 3.18. The highest BCUT2D eigenvalue weighted by Crippen LogP contribution is 2.24. The van der Waals surface area contributed by atoms with E-state index in [0.717, 1.165) is 21.5 Å². The Morgan fingerprint density at radius 3 is 2.71 bits per heavy atom. The molecule has 0 spiro atoms. The lowest BCUT2D eigenvalue weighted by Crippen LogP contribution is -2.02. The Labute approximate surface area is 108 Å². The van der Waals surface area contributed by atoms with Gasteiger partial charge < -0.3 is 11.1 Å². The molecule has 0 amide bonds. The first kappa shape index (κ1) is 11.9. The maximum Gasteiger partial charge on any atom is 0.138 e. The van der Waals surface area contributed by atoms with Crippen molar-refractivity contribution in [3.63, 3.8) is 0 Å². The van der Waals surface area contributed by atoms with Gasteiger partial charge in [0.25, 0.3) is 0 Å². The molecule has 3 N–H and O–H groups in total. The first-order valence-corrected chi connectivity index (χ1v) is 5.97. The fraction of sp³-hybridized carbons (Fsp3) is 0.167. The predicted molar refractivity (Wildman–Crippen MR) is 73.3 cm³/mol. The number of nitrogens with one attached hydrogen (secondary N) is 1. The Morgan fingerprint density at radius 1 is 1.24 bits per heavy atom. The van der Waals surface area contributed by atoms with Crippen LogP contribution in [-0.2, 0) is 0 Å². The third-order valence-electron chi connectivity index (χ3n) is 2.56. The number of benzene rings is 1. The summed E-state index contributed by atoms with van der Waals surface area (Å²) in [6.07, 6.45) is 1.45. The molecule has 0 aliphatic rings. The summed E-state index contributed by atoms with van der Waals surface area (Å²) in [7, 11) is 0. The van der Waals surface area contributed by atoms with E-state index in [1.807, 2.05) is 32.0 Å². The summed E-state index contributed by atoms with van der Waals surface area (Å²) in [5, 5.41) is 3.22. The van der Waals surface area contributed by atoms with Crippen molar-refractivity contribution in [3.05, 3.63) is 40.1 Å². The van der Waals surface area contributed by atoms with Crippen LogP contribution in [0.25, 0.3) is 0 Å². The molecule has 1 aromatic carbocycles. The molecule has 2 rings (SSSR count). The molecule has 0 radical (unpaired) electrons. The van der Waals surface area contributed by atoms with Gasteiger partial charge in [-0.05, 0) is 31.5 Å². The van der Waals surface area contributed by atoms with Crippen LogP contribution in [0, 0.1) is 13.8 Å². The Hall–Kier alpha value is -1.62. The van der Waals surface area contributed by atoms with Gasteiger partial charge in [-0.1, -0.05) is 22.0 Å². The van der Waals surface area contributed by atoms with E-state index in [1.165, 1.54) is 11.9 Å². The molecule has 0 saturated heterocycles. The number of aryl methyl sites for hydroxylation is 1. The second kappa shape index (κ2) is 4.71. The van der Waals surface area contributed by atoms with Crippen LogP contribution >= 0.6 is 15.9 Å². The van der Waals surface area contributed by atoms with Crippen LogP contribution in [0.4, 0.5) is 17.3 Å². The average molecular weight is 293 g/mol. The number of nitrogen functional groups attached to an aromatic ring is 1. The first-order chi connectivity index (χ1) is 8.08. The molecule has 1 heterocycles. The van der Waals surface area contributed by atoms with E-state index in [0.29, 0.717) is 5.82 Å². The number of nitrogens with zero attached hydrogens (tertiary/aromatic N) is 2. The van der Waals surface area contributed by atoms with Crippen molar-refractivity contribution in [2.24, 2.45) is 0 Å². The summed E-state index contributed by atoms with van der Waals surface area (Å²) in [4.78, 5) is 8.10. The monoisotopic (exact) mass is 292 g/mol. The van der Waals surface area contributed by atoms with Crippen molar-refractivity contribution in [3.8, 4) is 0 Å². The van der Waals surface area contributed by atoms with Crippen LogP contribution in [0.15, 0.2) is 29.0 Å². The lowest BCUT2D eigenvalue weighted by Gasteiger charge is -2.10. The molecule has 0 fully saturated rings.